The number of aliphatic hydroxyl groups excluding tert-OH is 1. The molecule has 0 fully saturated rings. The Labute approximate surface area is 198 Å². The first kappa shape index (κ1) is 26.2. The van der Waals surface area contributed by atoms with Gasteiger partial charge in [-0.25, -0.2) is 17.6 Å². The summed E-state index contributed by atoms with van der Waals surface area (Å²) in [7, 11) is -5.88. The van der Waals surface area contributed by atoms with Gasteiger partial charge in [-0.05, 0) is 45.0 Å². The van der Waals surface area contributed by atoms with Crippen LogP contribution in [0.3, 0.4) is 0 Å². The van der Waals surface area contributed by atoms with Crippen LogP contribution in [0.4, 0.5) is 22.4 Å². The van der Waals surface area contributed by atoms with Gasteiger partial charge in [-0.1, -0.05) is 0 Å². The van der Waals surface area contributed by atoms with Gasteiger partial charge >= 0.3 is 11.6 Å². The number of nitrogens with one attached hydrogen (secondary N) is 1. The molecule has 2 N–H and O–H groups in total. The number of nitriles is 1. The van der Waals surface area contributed by atoms with Crippen LogP contribution < -0.4 is 10.1 Å². The van der Waals surface area contributed by atoms with Gasteiger partial charge in [-0.15, -0.1) is 0 Å². The van der Waals surface area contributed by atoms with E-state index in [1.807, 2.05) is 0 Å². The Balaban J connectivity index is 2.17. The third-order valence-electron chi connectivity index (χ3n) is 4.86. The second kappa shape index (κ2) is 9.01. The van der Waals surface area contributed by atoms with Crippen LogP contribution in [0.5, 0.6) is 11.5 Å². The van der Waals surface area contributed by atoms with E-state index in [9.17, 15) is 35.9 Å². The largest absolute Gasteiger partial charge is 0.501 e. The van der Waals surface area contributed by atoms with Crippen molar-refractivity contribution in [2.75, 3.05) is 0 Å². The second-order valence-electron chi connectivity index (χ2n) is 8.68. The lowest BCUT2D eigenvalue weighted by atomic mass is 10.1. The summed E-state index contributed by atoms with van der Waals surface area (Å²) in [4.78, 5) is 11.1. The number of hydrogen-bond acceptors (Lipinski definition) is 7. The summed E-state index contributed by atoms with van der Waals surface area (Å²) in [5.41, 5.74) is -7.57. The van der Waals surface area contributed by atoms with Crippen LogP contribution in [-0.4, -0.2) is 30.7 Å². The Morgan fingerprint density at radius 1 is 1.17 bits per heavy atom. The van der Waals surface area contributed by atoms with E-state index in [0.29, 0.717) is 6.07 Å². The topological polar surface area (TPSA) is 126 Å². The molecule has 2 aromatic carbocycles. The molecule has 35 heavy (non-hydrogen) atoms. The Morgan fingerprint density at radius 2 is 1.83 bits per heavy atom. The fourth-order valence-corrected chi connectivity index (χ4v) is 4.63. The lowest BCUT2D eigenvalue weighted by Crippen LogP contribution is -2.34. The Hall–Kier alpha value is -3.37. The summed E-state index contributed by atoms with van der Waals surface area (Å²) in [6.07, 6.45) is -3.08. The van der Waals surface area contributed by atoms with Crippen molar-refractivity contribution >= 4 is 15.9 Å². The highest BCUT2D eigenvalue weighted by molar-refractivity contribution is 7.92. The number of rotatable bonds is 4. The Kier molecular flexibility index (Phi) is 6.75. The number of halogens is 4. The number of sulfone groups is 1. The summed E-state index contributed by atoms with van der Waals surface area (Å²) in [6.45, 7) is 4.72. The van der Waals surface area contributed by atoms with Crippen LogP contribution in [0.2, 0.25) is 0 Å². The van der Waals surface area contributed by atoms with E-state index in [-0.39, 0.29) is 29.0 Å². The van der Waals surface area contributed by atoms with E-state index in [1.54, 1.807) is 26.8 Å². The number of fused-ring (bicyclic) bond motifs is 1. The van der Waals surface area contributed by atoms with Crippen LogP contribution in [0, 0.1) is 17.1 Å². The first-order valence-corrected chi connectivity index (χ1v) is 11.6. The monoisotopic (exact) mass is 516 g/mol. The van der Waals surface area contributed by atoms with Gasteiger partial charge in [-0.3, -0.25) is 0 Å². The lowest BCUT2D eigenvalue weighted by molar-refractivity contribution is -0.0437. The molecule has 2 aromatic rings. The van der Waals surface area contributed by atoms with Crippen molar-refractivity contribution in [2.24, 2.45) is 0 Å². The highest BCUT2D eigenvalue weighted by Crippen LogP contribution is 2.49. The summed E-state index contributed by atoms with van der Waals surface area (Å²) >= 11 is 0. The average molecular weight is 516 g/mol. The van der Waals surface area contributed by atoms with Crippen LogP contribution in [-0.2, 0) is 14.6 Å². The number of alkyl carbamates (subject to hydrolysis) is 1. The molecular weight excluding hydrogens is 496 g/mol. The highest BCUT2D eigenvalue weighted by atomic mass is 32.2. The maximum absolute atomic E-state index is 13.9. The molecule has 1 aliphatic rings. The zero-order valence-electron chi connectivity index (χ0n) is 18.6. The number of ether oxygens (including phenoxy) is 2. The van der Waals surface area contributed by atoms with E-state index in [4.69, 9.17) is 14.7 Å². The average Bonchev–Trinajstić information content (AvgIpc) is 3.01. The minimum atomic E-state index is -5.88. The molecule has 1 amide bonds. The summed E-state index contributed by atoms with van der Waals surface area (Å²) < 4.78 is 89.0. The molecule has 3 rings (SSSR count). The molecule has 0 saturated carbocycles. The standard InChI is InChI=1S/C22H20F4N2O6S/c1-21(2,3)34-20(30)28-14-9-15(29)19-17(35(31,32)22(24,25)26)5-4-16(18(14)19)33-13-7-11(10-27)6-12(23)8-13/h4-8,14-15,29H,9H2,1-3H3,(H,28,30)/t14-,15+/m0/s1. The van der Waals surface area contributed by atoms with Crippen LogP contribution in [0.25, 0.3) is 0 Å². The number of hydrogen-bond donors (Lipinski definition) is 2. The van der Waals surface area contributed by atoms with Crippen LogP contribution in [0.15, 0.2) is 35.2 Å². The summed E-state index contributed by atoms with van der Waals surface area (Å²) in [5, 5.41) is 22.0. The molecule has 0 unspecified atom stereocenters. The number of aliphatic hydroxyl groups is 1. The van der Waals surface area contributed by atoms with Crippen molar-refractivity contribution in [3.63, 3.8) is 0 Å². The second-order valence-corrected chi connectivity index (χ2v) is 10.6. The minimum Gasteiger partial charge on any atom is -0.457 e. The Bertz CT molecular complexity index is 1310. The molecule has 2 atom stereocenters. The third-order valence-corrected chi connectivity index (χ3v) is 6.41. The molecule has 188 valence electrons. The van der Waals surface area contributed by atoms with Crippen molar-refractivity contribution < 1.29 is 45.4 Å². The first-order valence-electron chi connectivity index (χ1n) is 10.1. The van der Waals surface area contributed by atoms with Gasteiger partial charge in [0.1, 0.15) is 22.9 Å². The zero-order valence-corrected chi connectivity index (χ0v) is 19.4. The van der Waals surface area contributed by atoms with Crippen molar-refractivity contribution in [1.82, 2.24) is 5.32 Å². The smallest absolute Gasteiger partial charge is 0.457 e. The maximum Gasteiger partial charge on any atom is 0.501 e. The Morgan fingerprint density at radius 3 is 2.40 bits per heavy atom. The van der Waals surface area contributed by atoms with Crippen LogP contribution >= 0.6 is 0 Å². The summed E-state index contributed by atoms with van der Waals surface area (Å²) in [6, 6.07) is 4.99. The zero-order chi connectivity index (χ0) is 26.3. The van der Waals surface area contributed by atoms with Gasteiger partial charge in [-0.2, -0.15) is 18.4 Å². The van der Waals surface area contributed by atoms with E-state index < -0.39 is 55.5 Å². The van der Waals surface area contributed by atoms with Crippen molar-refractivity contribution in [1.29, 1.82) is 5.26 Å². The van der Waals surface area contributed by atoms with E-state index in [1.165, 1.54) is 0 Å². The van der Waals surface area contributed by atoms with Crippen LogP contribution in [0.1, 0.15) is 56.0 Å². The number of carbonyl (C=O) groups excluding carboxylic acids is 1. The molecule has 0 aliphatic heterocycles. The predicted molar refractivity (Wildman–Crippen MR) is 113 cm³/mol. The number of nitrogens with zero attached hydrogens (tertiary/aromatic N) is 1. The third kappa shape index (κ3) is 5.49. The fourth-order valence-electron chi connectivity index (χ4n) is 3.60. The summed E-state index contributed by atoms with van der Waals surface area (Å²) in [5.74, 6) is -1.31. The van der Waals surface area contributed by atoms with Gasteiger partial charge in [0.05, 0.1) is 28.7 Å². The molecular formula is C22H20F4N2O6S. The molecule has 0 saturated heterocycles. The minimum absolute atomic E-state index is 0.114. The molecule has 0 radical (unpaired) electrons. The van der Waals surface area contributed by atoms with Gasteiger partial charge < -0.3 is 19.9 Å². The van der Waals surface area contributed by atoms with Crippen molar-refractivity contribution in [3.8, 4) is 17.6 Å². The van der Waals surface area contributed by atoms with Gasteiger partial charge in [0, 0.05) is 23.6 Å². The predicted octanol–water partition coefficient (Wildman–Crippen LogP) is 4.79. The molecule has 0 bridgehead atoms. The molecule has 0 heterocycles. The van der Waals surface area contributed by atoms with E-state index in [2.05, 4.69) is 5.32 Å². The van der Waals surface area contributed by atoms with E-state index >= 15 is 0 Å². The maximum atomic E-state index is 13.9. The number of carbonyl (C=O) groups is 1. The molecule has 8 nitrogen and oxygen atoms in total. The highest BCUT2D eigenvalue weighted by Gasteiger charge is 2.50. The van der Waals surface area contributed by atoms with Gasteiger partial charge in [0.15, 0.2) is 0 Å². The van der Waals surface area contributed by atoms with Crippen molar-refractivity contribution in [3.05, 3.63) is 52.8 Å². The van der Waals surface area contributed by atoms with Gasteiger partial charge in [0.2, 0.25) is 0 Å². The lowest BCUT2D eigenvalue weighted by Gasteiger charge is -2.23. The number of alkyl halides is 3. The number of benzene rings is 2. The fraction of sp³-hybridized carbons (Fsp3) is 0.364. The van der Waals surface area contributed by atoms with E-state index in [0.717, 1.165) is 24.3 Å². The SMILES string of the molecule is CC(C)(C)OC(=O)N[C@H]1C[C@@H](O)c2c(S(=O)(=O)C(F)(F)F)ccc(Oc3cc(F)cc(C#N)c3)c21. The van der Waals surface area contributed by atoms with Crippen molar-refractivity contribution in [2.45, 2.75) is 55.3 Å². The first-order chi connectivity index (χ1) is 16.0. The molecule has 13 heteroatoms. The number of amides is 1. The van der Waals surface area contributed by atoms with Gasteiger partial charge in [0.25, 0.3) is 9.84 Å². The molecule has 0 aromatic heterocycles. The molecule has 1 aliphatic carbocycles. The quantitative estimate of drug-likeness (QED) is 0.560. The molecule has 0 spiro atoms. The normalized spacial score (nSPS) is 17.9.